The van der Waals surface area contributed by atoms with E-state index in [0.29, 0.717) is 29.3 Å². The molecule has 0 N–H and O–H groups in total. The van der Waals surface area contributed by atoms with Gasteiger partial charge in [-0.15, -0.1) is 0 Å². The zero-order chi connectivity index (χ0) is 19.2. The van der Waals surface area contributed by atoms with E-state index in [9.17, 15) is 0 Å². The van der Waals surface area contributed by atoms with E-state index in [4.69, 9.17) is 9.47 Å². The van der Waals surface area contributed by atoms with Crippen LogP contribution in [0.1, 0.15) is 16.8 Å². The minimum atomic E-state index is 0.452. The van der Waals surface area contributed by atoms with E-state index >= 15 is 0 Å². The van der Waals surface area contributed by atoms with Gasteiger partial charge in [0.2, 0.25) is 5.88 Å². The first kappa shape index (κ1) is 18.4. The largest absolute Gasteiger partial charge is 0.474 e. The Bertz CT molecular complexity index is 1000. The van der Waals surface area contributed by atoms with E-state index in [1.165, 1.54) is 5.56 Å². The van der Waals surface area contributed by atoms with Crippen LogP contribution in [0, 0.1) is 18.8 Å². The molecule has 6 nitrogen and oxygen atoms in total. The molecule has 0 radical (unpaired) electrons. The molecule has 0 amide bonds. The Morgan fingerprint density at radius 3 is 2.71 bits per heavy atom. The van der Waals surface area contributed by atoms with Gasteiger partial charge < -0.3 is 9.47 Å². The third-order valence-corrected chi connectivity index (χ3v) is 4.54. The molecule has 1 fully saturated rings. The molecular formula is C22H22N4O2. The monoisotopic (exact) mass is 374 g/mol. The van der Waals surface area contributed by atoms with Crippen LogP contribution in [0.3, 0.4) is 0 Å². The van der Waals surface area contributed by atoms with Gasteiger partial charge in [-0.05, 0) is 37.1 Å². The maximum Gasteiger partial charge on any atom is 0.249 e. The highest BCUT2D eigenvalue weighted by molar-refractivity contribution is 5.71. The molecule has 2 aromatic heterocycles. The number of benzene rings is 1. The highest BCUT2D eigenvalue weighted by Gasteiger charge is 2.12. The van der Waals surface area contributed by atoms with Crippen molar-refractivity contribution in [2.45, 2.75) is 6.92 Å². The fourth-order valence-electron chi connectivity index (χ4n) is 2.92. The van der Waals surface area contributed by atoms with Gasteiger partial charge in [-0.2, -0.15) is 0 Å². The van der Waals surface area contributed by atoms with Crippen molar-refractivity contribution in [2.75, 3.05) is 39.5 Å². The number of aryl methyl sites for hydroxylation is 1. The van der Waals surface area contributed by atoms with E-state index in [-0.39, 0.29) is 0 Å². The van der Waals surface area contributed by atoms with Gasteiger partial charge in [0.05, 0.1) is 13.2 Å². The fraction of sp³-hybridized carbons (Fsp3) is 0.318. The Hall–Kier alpha value is -3.01. The van der Waals surface area contributed by atoms with Gasteiger partial charge in [0.15, 0.2) is 11.3 Å². The van der Waals surface area contributed by atoms with Gasteiger partial charge in [-0.3, -0.25) is 4.90 Å². The minimum absolute atomic E-state index is 0.452. The molecule has 142 valence electrons. The highest BCUT2D eigenvalue weighted by Crippen LogP contribution is 2.17. The number of hydrogen-bond donors (Lipinski definition) is 0. The quantitative estimate of drug-likeness (QED) is 0.654. The molecule has 0 saturated carbocycles. The number of ether oxygens (including phenoxy) is 2. The molecule has 1 saturated heterocycles. The van der Waals surface area contributed by atoms with Crippen LogP contribution in [0.5, 0.6) is 5.88 Å². The van der Waals surface area contributed by atoms with Gasteiger partial charge in [0.25, 0.3) is 0 Å². The van der Waals surface area contributed by atoms with Crippen LogP contribution in [0.4, 0.5) is 0 Å². The Kier molecular flexibility index (Phi) is 5.76. The standard InChI is InChI=1S/C22H22N4O2/c1-17-4-6-18(7-5-17)8-9-20-22(25-19-3-2-10-23-21(19)24-20)28-16-13-26-11-14-27-15-12-26/h2-7,10H,11-16H2,1H3. The molecule has 28 heavy (non-hydrogen) atoms. The van der Waals surface area contributed by atoms with Gasteiger partial charge in [0, 0.05) is 31.4 Å². The second-order valence-electron chi connectivity index (χ2n) is 6.64. The Morgan fingerprint density at radius 1 is 1.07 bits per heavy atom. The molecule has 1 aromatic carbocycles. The van der Waals surface area contributed by atoms with E-state index in [1.54, 1.807) is 6.20 Å². The first-order valence-corrected chi connectivity index (χ1v) is 9.42. The van der Waals surface area contributed by atoms with Crippen molar-refractivity contribution >= 4 is 11.2 Å². The van der Waals surface area contributed by atoms with Crippen LogP contribution in [0.15, 0.2) is 42.6 Å². The van der Waals surface area contributed by atoms with Crippen molar-refractivity contribution < 1.29 is 9.47 Å². The van der Waals surface area contributed by atoms with Crippen LogP contribution < -0.4 is 4.74 Å². The van der Waals surface area contributed by atoms with E-state index < -0.39 is 0 Å². The lowest BCUT2D eigenvalue weighted by molar-refractivity contribution is 0.0320. The predicted molar refractivity (Wildman–Crippen MR) is 107 cm³/mol. The summed E-state index contributed by atoms with van der Waals surface area (Å²) in [6, 6.07) is 11.8. The van der Waals surface area contributed by atoms with Crippen LogP contribution in [-0.4, -0.2) is 59.3 Å². The van der Waals surface area contributed by atoms with E-state index in [1.807, 2.05) is 36.4 Å². The molecule has 4 rings (SSSR count). The predicted octanol–water partition coefficient (Wildman–Crippen LogP) is 2.44. The number of pyridine rings is 1. The summed E-state index contributed by atoms with van der Waals surface area (Å²) in [7, 11) is 0. The topological polar surface area (TPSA) is 60.4 Å². The molecule has 1 aliphatic heterocycles. The lowest BCUT2D eigenvalue weighted by Gasteiger charge is -2.26. The van der Waals surface area contributed by atoms with Crippen LogP contribution in [0.2, 0.25) is 0 Å². The SMILES string of the molecule is Cc1ccc(C#Cc2nc3ncccc3nc2OCCN2CCOCC2)cc1. The molecule has 0 atom stereocenters. The maximum atomic E-state index is 5.97. The van der Waals surface area contributed by atoms with Crippen molar-refractivity contribution in [3.63, 3.8) is 0 Å². The summed E-state index contributed by atoms with van der Waals surface area (Å²) < 4.78 is 11.4. The Balaban J connectivity index is 1.56. The van der Waals surface area contributed by atoms with E-state index in [0.717, 1.165) is 38.4 Å². The van der Waals surface area contributed by atoms with Crippen molar-refractivity contribution in [1.82, 2.24) is 19.9 Å². The smallest absolute Gasteiger partial charge is 0.249 e. The van der Waals surface area contributed by atoms with Gasteiger partial charge in [-0.25, -0.2) is 15.0 Å². The number of nitrogens with zero attached hydrogens (tertiary/aromatic N) is 4. The lowest BCUT2D eigenvalue weighted by Crippen LogP contribution is -2.38. The fourth-order valence-corrected chi connectivity index (χ4v) is 2.92. The second-order valence-corrected chi connectivity index (χ2v) is 6.64. The molecule has 0 aliphatic carbocycles. The highest BCUT2D eigenvalue weighted by atomic mass is 16.5. The number of aromatic nitrogens is 3. The summed E-state index contributed by atoms with van der Waals surface area (Å²) in [5.41, 5.74) is 3.90. The van der Waals surface area contributed by atoms with Gasteiger partial charge in [0.1, 0.15) is 12.1 Å². The Morgan fingerprint density at radius 2 is 1.89 bits per heavy atom. The van der Waals surface area contributed by atoms with Gasteiger partial charge >= 0.3 is 0 Å². The minimum Gasteiger partial charge on any atom is -0.474 e. The average molecular weight is 374 g/mol. The summed E-state index contributed by atoms with van der Waals surface area (Å²) >= 11 is 0. The Labute approximate surface area is 164 Å². The second kappa shape index (κ2) is 8.79. The molecule has 0 bridgehead atoms. The van der Waals surface area contributed by atoms with Crippen molar-refractivity contribution in [3.05, 3.63) is 59.4 Å². The molecule has 1 aliphatic rings. The van der Waals surface area contributed by atoms with Crippen molar-refractivity contribution in [1.29, 1.82) is 0 Å². The zero-order valence-corrected chi connectivity index (χ0v) is 15.9. The van der Waals surface area contributed by atoms with Crippen LogP contribution in [0.25, 0.3) is 11.2 Å². The number of hydrogen-bond acceptors (Lipinski definition) is 6. The maximum absolute atomic E-state index is 5.97. The first-order valence-electron chi connectivity index (χ1n) is 9.42. The van der Waals surface area contributed by atoms with E-state index in [2.05, 4.69) is 38.6 Å². The number of rotatable bonds is 4. The summed E-state index contributed by atoms with van der Waals surface area (Å²) in [5, 5.41) is 0. The number of morpholine rings is 1. The zero-order valence-electron chi connectivity index (χ0n) is 15.9. The van der Waals surface area contributed by atoms with Crippen LogP contribution >= 0.6 is 0 Å². The summed E-state index contributed by atoms with van der Waals surface area (Å²) in [6.07, 6.45) is 1.70. The molecule has 0 spiro atoms. The lowest BCUT2D eigenvalue weighted by atomic mass is 10.1. The molecule has 0 unspecified atom stereocenters. The normalized spacial score (nSPS) is 14.5. The van der Waals surface area contributed by atoms with Crippen molar-refractivity contribution in [2.24, 2.45) is 0 Å². The third kappa shape index (κ3) is 4.63. The third-order valence-electron chi connectivity index (χ3n) is 4.54. The average Bonchev–Trinajstić information content (AvgIpc) is 2.74. The summed E-state index contributed by atoms with van der Waals surface area (Å²) in [5.74, 6) is 6.71. The van der Waals surface area contributed by atoms with Crippen LogP contribution in [-0.2, 0) is 4.74 Å². The molecular weight excluding hydrogens is 352 g/mol. The summed E-state index contributed by atoms with van der Waals surface area (Å²) in [4.78, 5) is 15.8. The van der Waals surface area contributed by atoms with Gasteiger partial charge in [-0.1, -0.05) is 23.6 Å². The molecule has 3 heterocycles. The number of fused-ring (bicyclic) bond motifs is 1. The molecule has 3 aromatic rings. The summed E-state index contributed by atoms with van der Waals surface area (Å²) in [6.45, 7) is 6.80. The van der Waals surface area contributed by atoms with Crippen molar-refractivity contribution in [3.8, 4) is 17.7 Å². The first-order chi connectivity index (χ1) is 13.8. The molecule has 6 heteroatoms.